The van der Waals surface area contributed by atoms with Crippen molar-refractivity contribution >= 4 is 17.1 Å². The van der Waals surface area contributed by atoms with Crippen molar-refractivity contribution in [3.63, 3.8) is 0 Å². The number of rotatable bonds is 1. The first-order valence-corrected chi connectivity index (χ1v) is 6.03. The minimum Gasteiger partial charge on any atom is -0.300 e. The van der Waals surface area contributed by atoms with E-state index in [0.29, 0.717) is 17.1 Å². The van der Waals surface area contributed by atoms with E-state index in [9.17, 15) is 4.79 Å². The van der Waals surface area contributed by atoms with Crippen LogP contribution >= 0.6 is 11.3 Å². The van der Waals surface area contributed by atoms with Gasteiger partial charge in [0.25, 0.3) is 0 Å². The first kappa shape index (κ1) is 9.91. The second-order valence-electron chi connectivity index (χ2n) is 4.80. The zero-order valence-corrected chi connectivity index (χ0v) is 9.56. The van der Waals surface area contributed by atoms with Crippen molar-refractivity contribution in [2.45, 2.75) is 39.0 Å². The van der Waals surface area contributed by atoms with Gasteiger partial charge >= 0.3 is 0 Å². The van der Waals surface area contributed by atoms with E-state index in [2.05, 4.69) is 31.4 Å². The maximum absolute atomic E-state index is 11.5. The molecular weight excluding hydrogens is 192 g/mol. The van der Waals surface area contributed by atoms with E-state index in [4.69, 9.17) is 0 Å². The number of Topliss-reactive ketones (excluding diaryl/α,β-unsaturated/α-hetero) is 1. The van der Waals surface area contributed by atoms with Gasteiger partial charge in [-0.25, -0.2) is 0 Å². The molecule has 0 N–H and O–H groups in total. The largest absolute Gasteiger partial charge is 0.300 e. The van der Waals surface area contributed by atoms with Crippen LogP contribution in [-0.2, 0) is 4.79 Å². The molecule has 1 nitrogen and oxygen atoms in total. The molecule has 1 heterocycles. The standard InChI is InChI=1S/C12H16OS/c1-12(2)6-5-9(13)8-10(12)11-4-3-7-14-11/h3-4,7,10H,5-6,8H2,1-2H3. The molecule has 0 bridgehead atoms. The molecule has 0 amide bonds. The van der Waals surface area contributed by atoms with Gasteiger partial charge in [-0.05, 0) is 23.3 Å². The van der Waals surface area contributed by atoms with Gasteiger partial charge in [0.15, 0.2) is 0 Å². The summed E-state index contributed by atoms with van der Waals surface area (Å²) in [5.41, 5.74) is 0.290. The maximum atomic E-state index is 11.5. The Morgan fingerprint density at radius 1 is 1.50 bits per heavy atom. The van der Waals surface area contributed by atoms with Gasteiger partial charge in [-0.3, -0.25) is 4.79 Å². The van der Waals surface area contributed by atoms with E-state index in [1.54, 1.807) is 11.3 Å². The van der Waals surface area contributed by atoms with Crippen LogP contribution in [0.5, 0.6) is 0 Å². The Morgan fingerprint density at radius 2 is 2.29 bits per heavy atom. The lowest BCUT2D eigenvalue weighted by Crippen LogP contribution is -2.29. The molecule has 0 aliphatic heterocycles. The average Bonchev–Trinajstić information content (AvgIpc) is 2.62. The molecule has 0 saturated heterocycles. The second-order valence-corrected chi connectivity index (χ2v) is 5.78. The third kappa shape index (κ3) is 1.76. The topological polar surface area (TPSA) is 17.1 Å². The number of hydrogen-bond donors (Lipinski definition) is 0. The predicted octanol–water partition coefficient (Wildman–Crippen LogP) is 3.61. The van der Waals surface area contributed by atoms with Crippen molar-refractivity contribution in [1.82, 2.24) is 0 Å². The van der Waals surface area contributed by atoms with Crippen LogP contribution < -0.4 is 0 Å². The number of thiophene rings is 1. The fourth-order valence-corrected chi connectivity index (χ4v) is 3.26. The lowest BCUT2D eigenvalue weighted by Gasteiger charge is -2.37. The molecule has 0 radical (unpaired) electrons. The SMILES string of the molecule is CC1(C)CCC(=O)CC1c1cccs1. The summed E-state index contributed by atoms with van der Waals surface area (Å²) in [7, 11) is 0. The Kier molecular flexibility index (Phi) is 2.48. The molecule has 1 saturated carbocycles. The highest BCUT2D eigenvalue weighted by Gasteiger charge is 2.36. The van der Waals surface area contributed by atoms with E-state index in [-0.39, 0.29) is 0 Å². The Hall–Kier alpha value is -0.630. The van der Waals surface area contributed by atoms with Crippen LogP contribution in [-0.4, -0.2) is 5.78 Å². The molecule has 1 atom stereocenters. The van der Waals surface area contributed by atoms with Gasteiger partial charge in [-0.1, -0.05) is 19.9 Å². The van der Waals surface area contributed by atoms with Gasteiger partial charge in [-0.2, -0.15) is 0 Å². The summed E-state index contributed by atoms with van der Waals surface area (Å²) in [5, 5.41) is 2.10. The van der Waals surface area contributed by atoms with E-state index in [1.165, 1.54) is 4.88 Å². The highest BCUT2D eigenvalue weighted by atomic mass is 32.1. The lowest BCUT2D eigenvalue weighted by molar-refractivity contribution is -0.122. The van der Waals surface area contributed by atoms with Crippen LogP contribution in [0.3, 0.4) is 0 Å². The van der Waals surface area contributed by atoms with Gasteiger partial charge in [0.1, 0.15) is 5.78 Å². The van der Waals surface area contributed by atoms with Crippen molar-refractivity contribution in [2.24, 2.45) is 5.41 Å². The van der Waals surface area contributed by atoms with Crippen LogP contribution in [0.4, 0.5) is 0 Å². The molecule has 1 fully saturated rings. The molecule has 1 aromatic rings. The molecule has 1 aliphatic rings. The van der Waals surface area contributed by atoms with E-state index < -0.39 is 0 Å². The number of carbonyl (C=O) groups is 1. The quantitative estimate of drug-likeness (QED) is 0.689. The molecule has 2 heteroatoms. The summed E-state index contributed by atoms with van der Waals surface area (Å²) in [6.45, 7) is 4.56. The lowest BCUT2D eigenvalue weighted by atomic mass is 9.68. The van der Waals surface area contributed by atoms with Gasteiger partial charge in [-0.15, -0.1) is 11.3 Å². The Morgan fingerprint density at radius 3 is 2.93 bits per heavy atom. The summed E-state index contributed by atoms with van der Waals surface area (Å²) >= 11 is 1.78. The molecule has 1 aliphatic carbocycles. The van der Waals surface area contributed by atoms with E-state index in [0.717, 1.165) is 19.3 Å². The Balaban J connectivity index is 2.27. The fraction of sp³-hybridized carbons (Fsp3) is 0.583. The van der Waals surface area contributed by atoms with Crippen molar-refractivity contribution < 1.29 is 4.79 Å². The molecule has 0 spiro atoms. The molecule has 2 rings (SSSR count). The van der Waals surface area contributed by atoms with Crippen molar-refractivity contribution in [2.75, 3.05) is 0 Å². The summed E-state index contributed by atoms with van der Waals surface area (Å²) in [6, 6.07) is 4.24. The number of ketones is 1. The molecule has 1 unspecified atom stereocenters. The molecule has 76 valence electrons. The normalized spacial score (nSPS) is 26.4. The maximum Gasteiger partial charge on any atom is 0.133 e. The van der Waals surface area contributed by atoms with Crippen LogP contribution in [0.25, 0.3) is 0 Å². The molecular formula is C12H16OS. The zero-order valence-electron chi connectivity index (χ0n) is 8.75. The van der Waals surface area contributed by atoms with Crippen molar-refractivity contribution in [3.05, 3.63) is 22.4 Å². The first-order chi connectivity index (χ1) is 6.59. The summed E-state index contributed by atoms with van der Waals surface area (Å²) in [5.74, 6) is 0.881. The van der Waals surface area contributed by atoms with Crippen LogP contribution in [0, 0.1) is 5.41 Å². The third-order valence-corrected chi connectivity index (χ3v) is 4.30. The first-order valence-electron chi connectivity index (χ1n) is 5.15. The van der Waals surface area contributed by atoms with E-state index >= 15 is 0 Å². The Bertz CT molecular complexity index is 324. The van der Waals surface area contributed by atoms with Crippen LogP contribution in [0.1, 0.15) is 43.9 Å². The van der Waals surface area contributed by atoms with E-state index in [1.807, 2.05) is 0 Å². The number of carbonyl (C=O) groups excluding carboxylic acids is 1. The third-order valence-electron chi connectivity index (χ3n) is 3.31. The van der Waals surface area contributed by atoms with Gasteiger partial charge in [0, 0.05) is 23.6 Å². The highest BCUT2D eigenvalue weighted by molar-refractivity contribution is 7.10. The van der Waals surface area contributed by atoms with Gasteiger partial charge < -0.3 is 0 Å². The smallest absolute Gasteiger partial charge is 0.133 e. The van der Waals surface area contributed by atoms with Gasteiger partial charge in [0.2, 0.25) is 0 Å². The fourth-order valence-electron chi connectivity index (χ4n) is 2.22. The summed E-state index contributed by atoms with van der Waals surface area (Å²) in [6.07, 6.45) is 2.55. The molecule has 1 aromatic heterocycles. The van der Waals surface area contributed by atoms with Crippen LogP contribution in [0.2, 0.25) is 0 Å². The number of hydrogen-bond acceptors (Lipinski definition) is 2. The molecule has 14 heavy (non-hydrogen) atoms. The molecule has 0 aromatic carbocycles. The Labute approximate surface area is 89.1 Å². The monoisotopic (exact) mass is 208 g/mol. The second kappa shape index (κ2) is 3.50. The van der Waals surface area contributed by atoms with Crippen molar-refractivity contribution in [3.8, 4) is 0 Å². The minimum absolute atomic E-state index is 0.290. The zero-order chi connectivity index (χ0) is 10.2. The summed E-state index contributed by atoms with van der Waals surface area (Å²) < 4.78 is 0. The van der Waals surface area contributed by atoms with Crippen LogP contribution in [0.15, 0.2) is 17.5 Å². The van der Waals surface area contributed by atoms with Crippen molar-refractivity contribution in [1.29, 1.82) is 0 Å². The van der Waals surface area contributed by atoms with Gasteiger partial charge in [0.05, 0.1) is 0 Å². The summed E-state index contributed by atoms with van der Waals surface area (Å²) in [4.78, 5) is 12.8. The minimum atomic E-state index is 0.290. The highest BCUT2D eigenvalue weighted by Crippen LogP contribution is 2.46. The predicted molar refractivity (Wildman–Crippen MR) is 59.7 cm³/mol. The average molecular weight is 208 g/mol.